The van der Waals surface area contributed by atoms with Gasteiger partial charge in [0.25, 0.3) is 0 Å². The molecule has 1 atom stereocenters. The number of hydrogen-bond acceptors (Lipinski definition) is 2. The highest BCUT2D eigenvalue weighted by Gasteiger charge is 2.34. The van der Waals surface area contributed by atoms with E-state index in [1.54, 1.807) is 0 Å². The number of alkyl halides is 3. The molecule has 3 rings (SSSR count). The van der Waals surface area contributed by atoms with E-state index < -0.39 is 9.96 Å². The second kappa shape index (κ2) is 10.2. The molecule has 0 aromatic heterocycles. The van der Waals surface area contributed by atoms with Crippen molar-refractivity contribution in [1.29, 1.82) is 0 Å². The maximum atomic E-state index is 12.7. The zero-order chi connectivity index (χ0) is 21.7. The number of thiocarbonyl (C=S) groups is 1. The van der Waals surface area contributed by atoms with Crippen molar-refractivity contribution in [2.75, 3.05) is 5.32 Å². The smallest absolute Gasteiger partial charge is 0.228 e. The summed E-state index contributed by atoms with van der Waals surface area (Å²) >= 11 is 26.9. The fourth-order valence-corrected chi connectivity index (χ4v) is 3.69. The topological polar surface area (TPSA) is 53.2 Å². The van der Waals surface area contributed by atoms with Gasteiger partial charge in [0.1, 0.15) is 6.17 Å². The number of benzene rings is 3. The van der Waals surface area contributed by atoms with E-state index in [4.69, 9.17) is 47.0 Å². The molecule has 1 amide bonds. The molecular weight excluding hydrogens is 529 g/mol. The predicted molar refractivity (Wildman–Crippen MR) is 133 cm³/mol. The summed E-state index contributed by atoms with van der Waals surface area (Å²) in [6, 6.07) is 21.1. The lowest BCUT2D eigenvalue weighted by Gasteiger charge is -2.28. The first-order chi connectivity index (χ1) is 14.2. The molecular formula is C21H17BrCl3N3OS. The van der Waals surface area contributed by atoms with Crippen LogP contribution in [0.25, 0.3) is 10.8 Å². The molecule has 0 unspecified atom stereocenters. The van der Waals surface area contributed by atoms with Crippen LogP contribution in [-0.2, 0) is 11.2 Å². The van der Waals surface area contributed by atoms with Gasteiger partial charge < -0.3 is 16.0 Å². The van der Waals surface area contributed by atoms with Crippen LogP contribution in [0.2, 0.25) is 0 Å². The fraction of sp³-hybridized carbons (Fsp3) is 0.143. The third kappa shape index (κ3) is 6.46. The van der Waals surface area contributed by atoms with Gasteiger partial charge in [-0.3, -0.25) is 4.79 Å². The van der Waals surface area contributed by atoms with Crippen LogP contribution in [0.5, 0.6) is 0 Å². The molecule has 0 saturated heterocycles. The maximum absolute atomic E-state index is 12.7. The Balaban J connectivity index is 1.67. The summed E-state index contributed by atoms with van der Waals surface area (Å²) in [6.07, 6.45) is -0.895. The van der Waals surface area contributed by atoms with Crippen molar-refractivity contribution in [3.8, 4) is 0 Å². The van der Waals surface area contributed by atoms with E-state index in [-0.39, 0.29) is 17.4 Å². The zero-order valence-corrected chi connectivity index (χ0v) is 20.1. The van der Waals surface area contributed by atoms with E-state index in [1.807, 2.05) is 66.7 Å². The van der Waals surface area contributed by atoms with Gasteiger partial charge in [-0.2, -0.15) is 0 Å². The van der Waals surface area contributed by atoms with Crippen LogP contribution in [0.3, 0.4) is 0 Å². The number of fused-ring (bicyclic) bond motifs is 1. The molecule has 3 N–H and O–H groups in total. The zero-order valence-electron chi connectivity index (χ0n) is 15.5. The van der Waals surface area contributed by atoms with Gasteiger partial charge in [-0.15, -0.1) is 0 Å². The summed E-state index contributed by atoms with van der Waals surface area (Å²) in [7, 11) is 0. The lowest BCUT2D eigenvalue weighted by molar-refractivity contribution is -0.121. The summed E-state index contributed by atoms with van der Waals surface area (Å²) < 4.78 is -0.883. The Kier molecular flexibility index (Phi) is 7.82. The van der Waals surface area contributed by atoms with Crippen molar-refractivity contribution in [3.63, 3.8) is 0 Å². The molecule has 0 aliphatic rings. The molecule has 0 bridgehead atoms. The van der Waals surface area contributed by atoms with Crippen LogP contribution in [0.4, 0.5) is 5.69 Å². The normalized spacial score (nSPS) is 12.3. The molecule has 0 heterocycles. The van der Waals surface area contributed by atoms with Gasteiger partial charge in [-0.1, -0.05) is 93.2 Å². The number of hydrogen-bond donors (Lipinski definition) is 3. The highest BCUT2D eigenvalue weighted by molar-refractivity contribution is 9.10. The Morgan fingerprint density at radius 2 is 1.63 bits per heavy atom. The molecule has 0 saturated carbocycles. The number of nitrogens with one attached hydrogen (secondary N) is 3. The van der Waals surface area contributed by atoms with E-state index in [0.717, 1.165) is 26.5 Å². The van der Waals surface area contributed by atoms with Crippen molar-refractivity contribution in [3.05, 3.63) is 76.8 Å². The number of carbonyl (C=O) groups is 1. The molecule has 3 aromatic rings. The molecule has 3 aromatic carbocycles. The van der Waals surface area contributed by atoms with Crippen LogP contribution >= 0.6 is 63.0 Å². The van der Waals surface area contributed by atoms with Gasteiger partial charge in [0.2, 0.25) is 9.70 Å². The van der Waals surface area contributed by atoms with E-state index in [2.05, 4.69) is 31.9 Å². The molecule has 30 heavy (non-hydrogen) atoms. The Morgan fingerprint density at radius 1 is 0.967 bits per heavy atom. The summed E-state index contributed by atoms with van der Waals surface area (Å²) in [6.45, 7) is 0. The summed E-state index contributed by atoms with van der Waals surface area (Å²) in [5.74, 6) is -0.304. The Bertz CT molecular complexity index is 1050. The number of anilines is 1. The van der Waals surface area contributed by atoms with Crippen molar-refractivity contribution in [1.82, 2.24) is 10.6 Å². The predicted octanol–water partition coefficient (Wildman–Crippen LogP) is 5.94. The second-order valence-corrected chi connectivity index (χ2v) is 10.2. The minimum atomic E-state index is -1.82. The first-order valence-corrected chi connectivity index (χ1v) is 11.2. The molecule has 0 fully saturated rings. The molecule has 0 aliphatic carbocycles. The van der Waals surface area contributed by atoms with E-state index >= 15 is 0 Å². The van der Waals surface area contributed by atoms with Crippen LogP contribution < -0.4 is 16.0 Å². The first kappa shape index (κ1) is 23.1. The SMILES string of the molecule is O=C(Cc1cccc2ccccc12)N[C@H](NC(=S)Nc1ccc(Br)cc1)C(Cl)(Cl)Cl. The third-order valence-corrected chi connectivity index (χ3v) is 5.64. The van der Waals surface area contributed by atoms with E-state index in [9.17, 15) is 4.79 Å². The van der Waals surface area contributed by atoms with Crippen LogP contribution in [0.1, 0.15) is 5.56 Å². The molecule has 0 spiro atoms. The third-order valence-electron chi connectivity index (χ3n) is 4.24. The number of halogens is 4. The lowest BCUT2D eigenvalue weighted by Crippen LogP contribution is -2.56. The van der Waals surface area contributed by atoms with Gasteiger partial charge >= 0.3 is 0 Å². The van der Waals surface area contributed by atoms with Crippen molar-refractivity contribution < 1.29 is 4.79 Å². The Morgan fingerprint density at radius 3 is 2.33 bits per heavy atom. The molecule has 9 heteroatoms. The van der Waals surface area contributed by atoms with E-state index in [1.165, 1.54) is 0 Å². The lowest BCUT2D eigenvalue weighted by atomic mass is 10.0. The van der Waals surface area contributed by atoms with E-state index in [0.29, 0.717) is 0 Å². The van der Waals surface area contributed by atoms with Gasteiger partial charge in [0.15, 0.2) is 5.11 Å². The van der Waals surface area contributed by atoms with Gasteiger partial charge in [0.05, 0.1) is 6.42 Å². The molecule has 0 radical (unpaired) electrons. The Hall–Kier alpha value is -1.57. The standard InChI is InChI=1S/C21H17BrCl3N3OS/c22-15-8-10-16(11-9-15)26-20(30)28-19(21(23,24)25)27-18(29)12-14-6-3-5-13-4-1-2-7-17(13)14/h1-11,19H,12H2,(H,27,29)(H2,26,28,30)/t19-/m1/s1. The van der Waals surface area contributed by atoms with Crippen molar-refractivity contribution in [2.45, 2.75) is 16.4 Å². The average Bonchev–Trinajstić information content (AvgIpc) is 2.69. The van der Waals surface area contributed by atoms with Crippen LogP contribution in [-0.4, -0.2) is 21.0 Å². The number of rotatable bonds is 5. The summed E-state index contributed by atoms with van der Waals surface area (Å²) in [5, 5.41) is 10.8. The minimum absolute atomic E-state index is 0.132. The Labute approximate surface area is 203 Å². The van der Waals surface area contributed by atoms with Crippen LogP contribution in [0, 0.1) is 0 Å². The molecule has 4 nitrogen and oxygen atoms in total. The maximum Gasteiger partial charge on any atom is 0.228 e. The molecule has 156 valence electrons. The quantitative estimate of drug-likeness (QED) is 0.211. The molecule has 0 aliphatic heterocycles. The number of amides is 1. The summed E-state index contributed by atoms with van der Waals surface area (Å²) in [4.78, 5) is 12.7. The van der Waals surface area contributed by atoms with Gasteiger partial charge in [0, 0.05) is 10.2 Å². The monoisotopic (exact) mass is 543 g/mol. The van der Waals surface area contributed by atoms with Gasteiger partial charge in [-0.05, 0) is 52.8 Å². The van der Waals surface area contributed by atoms with Gasteiger partial charge in [-0.25, -0.2) is 0 Å². The summed E-state index contributed by atoms with van der Waals surface area (Å²) in [5.41, 5.74) is 1.63. The highest BCUT2D eigenvalue weighted by atomic mass is 79.9. The second-order valence-electron chi connectivity index (χ2n) is 6.46. The average molecular weight is 546 g/mol. The largest absolute Gasteiger partial charge is 0.339 e. The van der Waals surface area contributed by atoms with Crippen molar-refractivity contribution >= 4 is 90.4 Å². The van der Waals surface area contributed by atoms with Crippen LogP contribution in [0.15, 0.2) is 71.2 Å². The minimum Gasteiger partial charge on any atom is -0.339 e. The van der Waals surface area contributed by atoms with Crippen molar-refractivity contribution in [2.24, 2.45) is 0 Å². The fourth-order valence-electron chi connectivity index (χ4n) is 2.86. The highest BCUT2D eigenvalue weighted by Crippen LogP contribution is 2.29. The first-order valence-electron chi connectivity index (χ1n) is 8.88. The number of carbonyl (C=O) groups excluding carboxylic acids is 1.